The van der Waals surface area contributed by atoms with E-state index in [1.807, 2.05) is 31.2 Å². The predicted octanol–water partition coefficient (Wildman–Crippen LogP) is 5.07. The number of carbonyl (C=O) groups excluding carboxylic acids is 1. The van der Waals surface area contributed by atoms with Crippen molar-refractivity contribution < 1.29 is 18.7 Å². The summed E-state index contributed by atoms with van der Waals surface area (Å²) in [5.74, 6) is 1.52. The van der Waals surface area contributed by atoms with Crippen LogP contribution in [-0.4, -0.2) is 25.1 Å². The fourth-order valence-corrected chi connectivity index (χ4v) is 3.16. The van der Waals surface area contributed by atoms with Crippen LogP contribution in [0.1, 0.15) is 15.9 Å². The summed E-state index contributed by atoms with van der Waals surface area (Å²) < 4.78 is 16.0. The molecule has 0 unspecified atom stereocenters. The van der Waals surface area contributed by atoms with Crippen LogP contribution in [0.3, 0.4) is 0 Å². The van der Waals surface area contributed by atoms with Gasteiger partial charge in [-0.1, -0.05) is 11.6 Å². The molecule has 6 heteroatoms. The molecule has 29 heavy (non-hydrogen) atoms. The van der Waals surface area contributed by atoms with Gasteiger partial charge in [-0.15, -0.1) is 0 Å². The lowest BCUT2D eigenvalue weighted by Gasteiger charge is -2.12. The largest absolute Gasteiger partial charge is 0.497 e. The summed E-state index contributed by atoms with van der Waals surface area (Å²) >= 11 is 0. The van der Waals surface area contributed by atoms with Gasteiger partial charge in [0.05, 0.1) is 31.6 Å². The van der Waals surface area contributed by atoms with Crippen LogP contribution in [-0.2, 0) is 0 Å². The second kappa shape index (κ2) is 7.67. The van der Waals surface area contributed by atoms with E-state index in [-0.39, 0.29) is 5.91 Å². The van der Waals surface area contributed by atoms with Gasteiger partial charge in [-0.25, -0.2) is 4.98 Å². The molecule has 0 radical (unpaired) electrons. The number of aromatic nitrogens is 1. The van der Waals surface area contributed by atoms with Crippen molar-refractivity contribution in [3.05, 3.63) is 72.0 Å². The van der Waals surface area contributed by atoms with Crippen molar-refractivity contribution in [2.75, 3.05) is 19.5 Å². The minimum absolute atomic E-state index is 0.258. The molecular weight excluding hydrogens is 368 g/mol. The van der Waals surface area contributed by atoms with Crippen molar-refractivity contribution in [1.29, 1.82) is 0 Å². The number of furan rings is 1. The van der Waals surface area contributed by atoms with E-state index in [0.29, 0.717) is 34.2 Å². The second-order valence-electron chi connectivity index (χ2n) is 6.61. The molecule has 1 N–H and O–H groups in total. The Balaban J connectivity index is 1.80. The molecule has 0 bridgehead atoms. The molecule has 0 spiro atoms. The van der Waals surface area contributed by atoms with Crippen LogP contribution in [0.15, 0.2) is 65.3 Å². The van der Waals surface area contributed by atoms with Crippen molar-refractivity contribution in [2.24, 2.45) is 0 Å². The van der Waals surface area contributed by atoms with Crippen molar-refractivity contribution in [2.45, 2.75) is 6.92 Å². The summed E-state index contributed by atoms with van der Waals surface area (Å²) in [6.07, 6.45) is 1.58. The van der Waals surface area contributed by atoms with Crippen LogP contribution in [0, 0.1) is 6.92 Å². The summed E-state index contributed by atoms with van der Waals surface area (Å²) in [5, 5.41) is 3.71. The van der Waals surface area contributed by atoms with Gasteiger partial charge in [0.25, 0.3) is 5.91 Å². The molecule has 2 aromatic carbocycles. The van der Waals surface area contributed by atoms with Gasteiger partial charge >= 0.3 is 0 Å². The number of anilines is 1. The molecule has 146 valence electrons. The monoisotopic (exact) mass is 388 g/mol. The maximum atomic E-state index is 13.2. The number of nitrogens with zero attached hydrogens (tertiary/aromatic N) is 1. The molecule has 0 saturated carbocycles. The smallest absolute Gasteiger partial charge is 0.256 e. The number of pyridine rings is 1. The second-order valence-corrected chi connectivity index (χ2v) is 6.61. The highest BCUT2D eigenvalue weighted by Gasteiger charge is 2.16. The number of nitrogens with one attached hydrogen (secondary N) is 1. The Labute approximate surface area is 168 Å². The Kier molecular flexibility index (Phi) is 4.91. The maximum absolute atomic E-state index is 13.2. The van der Waals surface area contributed by atoms with Crippen LogP contribution in [0.25, 0.3) is 22.4 Å². The summed E-state index contributed by atoms with van der Waals surface area (Å²) in [4.78, 5) is 17.9. The van der Waals surface area contributed by atoms with E-state index in [1.165, 1.54) is 0 Å². The lowest BCUT2D eigenvalue weighted by atomic mass is 10.0. The molecule has 0 fully saturated rings. The average Bonchev–Trinajstić information content (AvgIpc) is 3.27. The SMILES string of the molecule is COc1cc(NC(=O)c2cc(-c3ccco3)nc3ccc(C)cc23)cc(OC)c1. The zero-order valence-electron chi connectivity index (χ0n) is 16.4. The third-order valence-electron chi connectivity index (χ3n) is 4.59. The predicted molar refractivity (Wildman–Crippen MR) is 112 cm³/mol. The first-order valence-corrected chi connectivity index (χ1v) is 9.07. The van der Waals surface area contributed by atoms with Crippen molar-refractivity contribution in [1.82, 2.24) is 4.98 Å². The molecular formula is C23H20N2O4. The topological polar surface area (TPSA) is 73.6 Å². The third kappa shape index (κ3) is 3.78. The number of aryl methyl sites for hydroxylation is 1. The minimum Gasteiger partial charge on any atom is -0.497 e. The Morgan fingerprint density at radius 1 is 1.00 bits per heavy atom. The number of hydrogen-bond donors (Lipinski definition) is 1. The van der Waals surface area contributed by atoms with E-state index in [4.69, 9.17) is 13.9 Å². The van der Waals surface area contributed by atoms with Crippen molar-refractivity contribution in [3.63, 3.8) is 0 Å². The Bertz CT molecular complexity index is 1160. The Hall–Kier alpha value is -3.80. The summed E-state index contributed by atoms with van der Waals surface area (Å²) in [7, 11) is 3.13. The standard InChI is InChI=1S/C23H20N2O4/c1-14-6-7-20-18(9-14)19(13-21(25-20)22-5-4-8-29-22)23(26)24-15-10-16(27-2)12-17(11-15)28-3/h4-13H,1-3H3,(H,24,26). The number of amides is 1. The lowest BCUT2D eigenvalue weighted by molar-refractivity contribution is 0.102. The van der Waals surface area contributed by atoms with E-state index in [1.54, 1.807) is 50.8 Å². The Morgan fingerprint density at radius 3 is 2.41 bits per heavy atom. The maximum Gasteiger partial charge on any atom is 0.256 e. The third-order valence-corrected chi connectivity index (χ3v) is 4.59. The first-order chi connectivity index (χ1) is 14.1. The Morgan fingerprint density at radius 2 is 1.76 bits per heavy atom. The number of benzene rings is 2. The van der Waals surface area contributed by atoms with Gasteiger partial charge in [0.15, 0.2) is 5.76 Å². The fraction of sp³-hybridized carbons (Fsp3) is 0.130. The van der Waals surface area contributed by atoms with Crippen LogP contribution in [0.2, 0.25) is 0 Å². The highest BCUT2D eigenvalue weighted by Crippen LogP contribution is 2.29. The molecule has 0 aliphatic heterocycles. The van der Waals surface area contributed by atoms with Crippen LogP contribution in [0.4, 0.5) is 5.69 Å². The summed E-state index contributed by atoms with van der Waals surface area (Å²) in [5.41, 5.74) is 3.44. The number of ether oxygens (including phenoxy) is 2. The normalized spacial score (nSPS) is 10.7. The van der Waals surface area contributed by atoms with E-state index >= 15 is 0 Å². The van der Waals surface area contributed by atoms with E-state index < -0.39 is 0 Å². The first kappa shape index (κ1) is 18.6. The number of methoxy groups -OCH3 is 2. The van der Waals surface area contributed by atoms with Gasteiger partial charge in [0.2, 0.25) is 0 Å². The number of hydrogen-bond acceptors (Lipinski definition) is 5. The zero-order chi connectivity index (χ0) is 20.4. The van der Waals surface area contributed by atoms with Gasteiger partial charge in [-0.2, -0.15) is 0 Å². The quantitative estimate of drug-likeness (QED) is 0.516. The molecule has 4 aromatic rings. The van der Waals surface area contributed by atoms with Crippen LogP contribution < -0.4 is 14.8 Å². The molecule has 4 rings (SSSR count). The molecule has 2 heterocycles. The van der Waals surface area contributed by atoms with Gasteiger partial charge in [0.1, 0.15) is 17.2 Å². The molecule has 0 aliphatic carbocycles. The highest BCUT2D eigenvalue weighted by molar-refractivity contribution is 6.13. The van der Waals surface area contributed by atoms with Gasteiger partial charge in [0, 0.05) is 29.3 Å². The fourth-order valence-electron chi connectivity index (χ4n) is 3.16. The van der Waals surface area contributed by atoms with E-state index in [0.717, 1.165) is 16.5 Å². The molecule has 6 nitrogen and oxygen atoms in total. The first-order valence-electron chi connectivity index (χ1n) is 9.07. The lowest BCUT2D eigenvalue weighted by Crippen LogP contribution is -2.13. The number of carbonyl (C=O) groups is 1. The molecule has 0 aliphatic rings. The average molecular weight is 388 g/mol. The zero-order valence-corrected chi connectivity index (χ0v) is 16.4. The summed E-state index contributed by atoms with van der Waals surface area (Å²) in [6.45, 7) is 1.98. The molecule has 0 saturated heterocycles. The molecule has 0 atom stereocenters. The van der Waals surface area contributed by atoms with Gasteiger partial charge in [-0.3, -0.25) is 4.79 Å². The van der Waals surface area contributed by atoms with Crippen LogP contribution >= 0.6 is 0 Å². The van der Waals surface area contributed by atoms with Gasteiger partial charge < -0.3 is 19.2 Å². The number of fused-ring (bicyclic) bond motifs is 1. The minimum atomic E-state index is -0.258. The van der Waals surface area contributed by atoms with E-state index in [2.05, 4.69) is 10.3 Å². The van der Waals surface area contributed by atoms with Crippen LogP contribution in [0.5, 0.6) is 11.5 Å². The van der Waals surface area contributed by atoms with E-state index in [9.17, 15) is 4.79 Å². The highest BCUT2D eigenvalue weighted by atomic mass is 16.5. The molecule has 1 amide bonds. The molecule has 2 aromatic heterocycles. The van der Waals surface area contributed by atoms with Gasteiger partial charge in [-0.05, 0) is 37.3 Å². The van der Waals surface area contributed by atoms with Crippen molar-refractivity contribution >= 4 is 22.5 Å². The van der Waals surface area contributed by atoms with Crippen molar-refractivity contribution in [3.8, 4) is 23.0 Å². The summed E-state index contributed by atoms with van der Waals surface area (Å²) in [6, 6.07) is 16.4. The number of rotatable bonds is 5.